The topological polar surface area (TPSA) is 42.3 Å². The van der Waals surface area contributed by atoms with E-state index in [1.165, 1.54) is 6.42 Å². The van der Waals surface area contributed by atoms with Crippen LogP contribution in [0.15, 0.2) is 0 Å². The van der Waals surface area contributed by atoms with Crippen molar-refractivity contribution in [2.45, 2.75) is 27.2 Å². The molecular formula is C8H19NO2. The summed E-state index contributed by atoms with van der Waals surface area (Å²) >= 11 is 0. The summed E-state index contributed by atoms with van der Waals surface area (Å²) in [5.41, 5.74) is 0. The Morgan fingerprint density at radius 3 is 2.00 bits per heavy atom. The number of ether oxygens (including phenoxy) is 2. The Hall–Kier alpha value is -0.570. The average Bonchev–Trinajstić information content (AvgIpc) is 1.89. The summed E-state index contributed by atoms with van der Waals surface area (Å²) in [6.45, 7) is 6.87. The predicted octanol–water partition coefficient (Wildman–Crippen LogP) is 2.06. The standard InChI is InChI=1S/C5H11NO2.C3H8/c1-5(6)8-4-3-7-2;1-3-2/h6H,3-4H2,1-2H3;3H2,1-2H3. The molecule has 0 radical (unpaired) electrons. The predicted molar refractivity (Wildman–Crippen MR) is 47.2 cm³/mol. The van der Waals surface area contributed by atoms with Gasteiger partial charge < -0.3 is 9.47 Å². The Bertz CT molecular complexity index is 84.2. The van der Waals surface area contributed by atoms with E-state index in [-0.39, 0.29) is 5.90 Å². The molecule has 0 atom stereocenters. The molecule has 0 aromatic rings. The highest BCUT2D eigenvalue weighted by Gasteiger charge is 1.84. The van der Waals surface area contributed by atoms with E-state index in [1.54, 1.807) is 14.0 Å². The molecule has 0 rings (SSSR count). The van der Waals surface area contributed by atoms with Gasteiger partial charge in [-0.25, -0.2) is 0 Å². The third-order valence-electron chi connectivity index (χ3n) is 0.606. The van der Waals surface area contributed by atoms with Crippen LogP contribution in [0.4, 0.5) is 0 Å². The van der Waals surface area contributed by atoms with Gasteiger partial charge in [0.1, 0.15) is 6.61 Å². The summed E-state index contributed by atoms with van der Waals surface area (Å²) in [4.78, 5) is 0. The maximum atomic E-state index is 6.79. The fourth-order valence-corrected chi connectivity index (χ4v) is 0.278. The van der Waals surface area contributed by atoms with Crippen LogP contribution < -0.4 is 0 Å². The lowest BCUT2D eigenvalue weighted by Crippen LogP contribution is -2.04. The van der Waals surface area contributed by atoms with Crippen LogP contribution in [-0.4, -0.2) is 26.2 Å². The van der Waals surface area contributed by atoms with E-state index >= 15 is 0 Å². The van der Waals surface area contributed by atoms with Gasteiger partial charge in [0.15, 0.2) is 5.90 Å². The lowest BCUT2D eigenvalue weighted by molar-refractivity contribution is 0.140. The van der Waals surface area contributed by atoms with Crippen LogP contribution in [0.2, 0.25) is 0 Å². The summed E-state index contributed by atoms with van der Waals surface area (Å²) in [5, 5.41) is 6.79. The second kappa shape index (κ2) is 12.1. The van der Waals surface area contributed by atoms with E-state index in [4.69, 9.17) is 10.1 Å². The van der Waals surface area contributed by atoms with E-state index < -0.39 is 0 Å². The molecule has 0 heterocycles. The minimum Gasteiger partial charge on any atom is -0.479 e. The molecule has 3 nitrogen and oxygen atoms in total. The molecule has 68 valence electrons. The molecule has 0 aliphatic heterocycles. The highest BCUT2D eigenvalue weighted by atomic mass is 16.5. The van der Waals surface area contributed by atoms with Crippen molar-refractivity contribution >= 4 is 5.90 Å². The van der Waals surface area contributed by atoms with Crippen LogP contribution in [0, 0.1) is 5.41 Å². The molecule has 1 N–H and O–H groups in total. The van der Waals surface area contributed by atoms with E-state index in [2.05, 4.69) is 18.6 Å². The molecule has 0 aliphatic carbocycles. The fraction of sp³-hybridized carbons (Fsp3) is 0.875. The minimum atomic E-state index is 0.238. The van der Waals surface area contributed by atoms with E-state index in [0.717, 1.165) is 0 Å². The molecule has 11 heavy (non-hydrogen) atoms. The molecule has 0 saturated carbocycles. The number of hydrogen-bond donors (Lipinski definition) is 1. The van der Waals surface area contributed by atoms with Crippen molar-refractivity contribution < 1.29 is 9.47 Å². The van der Waals surface area contributed by atoms with Crippen molar-refractivity contribution in [3.63, 3.8) is 0 Å². The normalized spacial score (nSPS) is 8.00. The van der Waals surface area contributed by atoms with Gasteiger partial charge in [0.25, 0.3) is 0 Å². The van der Waals surface area contributed by atoms with Gasteiger partial charge in [0.2, 0.25) is 0 Å². The number of nitrogens with one attached hydrogen (secondary N) is 1. The van der Waals surface area contributed by atoms with Gasteiger partial charge in [0.05, 0.1) is 6.61 Å². The number of rotatable bonds is 3. The van der Waals surface area contributed by atoms with Gasteiger partial charge in [-0.15, -0.1) is 0 Å². The Balaban J connectivity index is 0. The highest BCUT2D eigenvalue weighted by Crippen LogP contribution is 1.75. The molecule has 0 saturated heterocycles. The molecule has 3 heteroatoms. The number of hydrogen-bond acceptors (Lipinski definition) is 3. The Kier molecular flexibility index (Phi) is 14.4. The van der Waals surface area contributed by atoms with E-state index in [9.17, 15) is 0 Å². The van der Waals surface area contributed by atoms with Crippen molar-refractivity contribution in [2.75, 3.05) is 20.3 Å². The smallest absolute Gasteiger partial charge is 0.177 e. The zero-order chi connectivity index (χ0) is 9.11. The first-order valence-electron chi connectivity index (χ1n) is 3.85. The summed E-state index contributed by atoms with van der Waals surface area (Å²) in [7, 11) is 1.60. The van der Waals surface area contributed by atoms with E-state index in [0.29, 0.717) is 13.2 Å². The SMILES string of the molecule is CCC.COCCOC(C)=N. The maximum absolute atomic E-state index is 6.79. The van der Waals surface area contributed by atoms with Crippen LogP contribution >= 0.6 is 0 Å². The molecule has 0 unspecified atom stereocenters. The van der Waals surface area contributed by atoms with Crippen LogP contribution in [0.1, 0.15) is 27.2 Å². The van der Waals surface area contributed by atoms with Gasteiger partial charge >= 0.3 is 0 Å². The first-order valence-corrected chi connectivity index (χ1v) is 3.85. The fourth-order valence-electron chi connectivity index (χ4n) is 0.278. The zero-order valence-corrected chi connectivity index (χ0v) is 7.94. The Morgan fingerprint density at radius 2 is 1.73 bits per heavy atom. The van der Waals surface area contributed by atoms with Gasteiger partial charge in [0, 0.05) is 14.0 Å². The largest absolute Gasteiger partial charge is 0.479 e. The molecule has 0 aromatic carbocycles. The minimum absolute atomic E-state index is 0.238. The first-order chi connectivity index (χ1) is 5.18. The monoisotopic (exact) mass is 161 g/mol. The van der Waals surface area contributed by atoms with Gasteiger partial charge in [-0.3, -0.25) is 5.41 Å². The molecule has 0 aliphatic rings. The molecule has 0 spiro atoms. The summed E-state index contributed by atoms with van der Waals surface area (Å²) in [6, 6.07) is 0. The average molecular weight is 161 g/mol. The lowest BCUT2D eigenvalue weighted by Gasteiger charge is -1.99. The third-order valence-corrected chi connectivity index (χ3v) is 0.606. The van der Waals surface area contributed by atoms with E-state index in [1.807, 2.05) is 0 Å². The van der Waals surface area contributed by atoms with Crippen molar-refractivity contribution in [3.8, 4) is 0 Å². The van der Waals surface area contributed by atoms with Crippen LogP contribution in [0.25, 0.3) is 0 Å². The molecule has 0 bridgehead atoms. The van der Waals surface area contributed by atoms with Crippen LogP contribution in [0.3, 0.4) is 0 Å². The molecule has 0 amide bonds. The van der Waals surface area contributed by atoms with Crippen molar-refractivity contribution in [1.29, 1.82) is 5.41 Å². The Labute approximate surface area is 69.2 Å². The molecular weight excluding hydrogens is 142 g/mol. The zero-order valence-electron chi connectivity index (χ0n) is 7.94. The summed E-state index contributed by atoms with van der Waals surface area (Å²) in [5.74, 6) is 0.238. The van der Waals surface area contributed by atoms with Crippen molar-refractivity contribution in [2.24, 2.45) is 0 Å². The van der Waals surface area contributed by atoms with Crippen LogP contribution in [-0.2, 0) is 9.47 Å². The van der Waals surface area contributed by atoms with Gasteiger partial charge in [-0.05, 0) is 0 Å². The van der Waals surface area contributed by atoms with Gasteiger partial charge in [-0.2, -0.15) is 0 Å². The third kappa shape index (κ3) is 26.5. The number of methoxy groups -OCH3 is 1. The quantitative estimate of drug-likeness (QED) is 0.391. The lowest BCUT2D eigenvalue weighted by atomic mass is 10.6. The second-order valence-corrected chi connectivity index (χ2v) is 2.10. The van der Waals surface area contributed by atoms with Crippen molar-refractivity contribution in [1.82, 2.24) is 0 Å². The molecule has 0 fully saturated rings. The first kappa shape index (κ1) is 13.1. The van der Waals surface area contributed by atoms with Crippen molar-refractivity contribution in [3.05, 3.63) is 0 Å². The summed E-state index contributed by atoms with van der Waals surface area (Å²) in [6.07, 6.45) is 1.25. The Morgan fingerprint density at radius 1 is 1.27 bits per heavy atom. The maximum Gasteiger partial charge on any atom is 0.177 e. The highest BCUT2D eigenvalue weighted by molar-refractivity contribution is 5.69. The second-order valence-electron chi connectivity index (χ2n) is 2.10. The molecule has 0 aromatic heterocycles. The van der Waals surface area contributed by atoms with Crippen LogP contribution in [0.5, 0.6) is 0 Å². The summed E-state index contributed by atoms with van der Waals surface area (Å²) < 4.78 is 9.41. The van der Waals surface area contributed by atoms with Gasteiger partial charge in [-0.1, -0.05) is 20.3 Å².